The van der Waals surface area contributed by atoms with Gasteiger partial charge in [-0.05, 0) is 12.5 Å². The largest absolute Gasteiger partial charge is 0.379 e. The zero-order valence-corrected chi connectivity index (χ0v) is 12.9. The maximum atomic E-state index is 11.9. The van der Waals surface area contributed by atoms with E-state index in [-0.39, 0.29) is 5.41 Å². The Kier molecular flexibility index (Phi) is 3.85. The molecule has 2 saturated heterocycles. The molecule has 8 heteroatoms. The zero-order valence-electron chi connectivity index (χ0n) is 12.1. The number of nitrogens with zero attached hydrogens (tertiary/aromatic N) is 4. The van der Waals surface area contributed by atoms with Gasteiger partial charge in [0.1, 0.15) is 0 Å². The number of aromatic nitrogens is 2. The summed E-state index contributed by atoms with van der Waals surface area (Å²) < 4.78 is 30.9. The minimum atomic E-state index is -3.19. The molecular weight excluding hydrogens is 292 g/mol. The first kappa shape index (κ1) is 14.7. The highest BCUT2D eigenvalue weighted by Crippen LogP contribution is 2.35. The molecule has 1 spiro atoms. The van der Waals surface area contributed by atoms with Crippen LogP contribution in [-0.4, -0.2) is 68.3 Å². The molecule has 0 radical (unpaired) electrons. The fourth-order valence-electron chi connectivity index (χ4n) is 3.04. The summed E-state index contributed by atoms with van der Waals surface area (Å²) in [5, 5.41) is 0. The lowest BCUT2D eigenvalue weighted by atomic mass is 9.88. The van der Waals surface area contributed by atoms with Crippen molar-refractivity contribution in [1.82, 2.24) is 14.3 Å². The van der Waals surface area contributed by atoms with Gasteiger partial charge in [-0.25, -0.2) is 18.4 Å². The van der Waals surface area contributed by atoms with E-state index in [4.69, 9.17) is 4.74 Å². The van der Waals surface area contributed by atoms with Crippen LogP contribution < -0.4 is 4.90 Å². The molecule has 2 fully saturated rings. The highest BCUT2D eigenvalue weighted by Gasteiger charge is 2.43. The topological polar surface area (TPSA) is 75.6 Å². The highest BCUT2D eigenvalue weighted by atomic mass is 32.2. The molecule has 0 aliphatic carbocycles. The van der Waals surface area contributed by atoms with Gasteiger partial charge >= 0.3 is 0 Å². The van der Waals surface area contributed by atoms with Crippen molar-refractivity contribution in [1.29, 1.82) is 0 Å². The average molecular weight is 312 g/mol. The van der Waals surface area contributed by atoms with Crippen LogP contribution in [-0.2, 0) is 14.8 Å². The quantitative estimate of drug-likeness (QED) is 0.763. The van der Waals surface area contributed by atoms with Gasteiger partial charge in [0.05, 0.1) is 19.5 Å². The highest BCUT2D eigenvalue weighted by molar-refractivity contribution is 7.88. The van der Waals surface area contributed by atoms with Crippen LogP contribution in [0.25, 0.3) is 0 Å². The van der Waals surface area contributed by atoms with E-state index in [1.54, 1.807) is 18.5 Å². The van der Waals surface area contributed by atoms with Gasteiger partial charge in [0.25, 0.3) is 0 Å². The summed E-state index contributed by atoms with van der Waals surface area (Å²) >= 11 is 0. The molecule has 0 saturated carbocycles. The fraction of sp³-hybridized carbons (Fsp3) is 0.692. The van der Waals surface area contributed by atoms with Crippen LogP contribution in [0.15, 0.2) is 18.5 Å². The van der Waals surface area contributed by atoms with E-state index >= 15 is 0 Å². The molecule has 21 heavy (non-hydrogen) atoms. The Morgan fingerprint density at radius 3 is 2.71 bits per heavy atom. The van der Waals surface area contributed by atoms with Gasteiger partial charge in [0.2, 0.25) is 16.0 Å². The molecule has 0 amide bonds. The van der Waals surface area contributed by atoms with Gasteiger partial charge in [-0.3, -0.25) is 0 Å². The lowest BCUT2D eigenvalue weighted by Gasteiger charge is -2.30. The predicted molar refractivity (Wildman–Crippen MR) is 78.5 cm³/mol. The van der Waals surface area contributed by atoms with Gasteiger partial charge in [0.15, 0.2) is 0 Å². The Balaban J connectivity index is 1.78. The maximum Gasteiger partial charge on any atom is 0.225 e. The van der Waals surface area contributed by atoms with E-state index in [9.17, 15) is 8.42 Å². The number of hydrogen-bond acceptors (Lipinski definition) is 6. The van der Waals surface area contributed by atoms with Crippen molar-refractivity contribution in [3.05, 3.63) is 18.5 Å². The summed E-state index contributed by atoms with van der Waals surface area (Å²) in [6.45, 7) is 3.53. The number of sulfonamides is 1. The lowest BCUT2D eigenvalue weighted by Crippen LogP contribution is -2.43. The van der Waals surface area contributed by atoms with Crippen molar-refractivity contribution in [2.45, 2.75) is 6.42 Å². The van der Waals surface area contributed by atoms with E-state index in [1.165, 1.54) is 10.6 Å². The van der Waals surface area contributed by atoms with Crippen molar-refractivity contribution in [2.24, 2.45) is 5.41 Å². The Morgan fingerprint density at radius 2 is 2.00 bits per heavy atom. The van der Waals surface area contributed by atoms with Crippen LogP contribution >= 0.6 is 0 Å². The third kappa shape index (κ3) is 3.17. The molecule has 116 valence electrons. The summed E-state index contributed by atoms with van der Waals surface area (Å²) in [7, 11) is -3.19. The Labute approximate surface area is 125 Å². The first-order chi connectivity index (χ1) is 9.99. The molecule has 7 nitrogen and oxygen atoms in total. The van der Waals surface area contributed by atoms with Crippen molar-refractivity contribution in [3.8, 4) is 0 Å². The first-order valence-corrected chi connectivity index (χ1v) is 8.88. The second-order valence-corrected chi connectivity index (χ2v) is 7.85. The molecule has 1 unspecified atom stereocenters. The summed E-state index contributed by atoms with van der Waals surface area (Å²) in [5.74, 6) is 0.699. The van der Waals surface area contributed by atoms with Crippen LogP contribution in [0, 0.1) is 5.41 Å². The third-order valence-corrected chi connectivity index (χ3v) is 5.40. The smallest absolute Gasteiger partial charge is 0.225 e. The molecule has 0 bridgehead atoms. The Hall–Kier alpha value is -1.25. The zero-order chi connectivity index (χ0) is 14.9. The van der Waals surface area contributed by atoms with Crippen LogP contribution in [0.1, 0.15) is 6.42 Å². The molecule has 1 aromatic rings. The van der Waals surface area contributed by atoms with Crippen molar-refractivity contribution >= 4 is 16.0 Å². The standard InChI is InChI=1S/C13H20N4O3S/c1-21(18,19)17-7-8-20-11-13(10-17)3-6-16(9-13)12-14-4-2-5-15-12/h2,4-5H,3,6-11H2,1H3. The SMILES string of the molecule is CS(=O)(=O)N1CCOCC2(CCN(c3ncccn3)C2)C1. The van der Waals surface area contributed by atoms with Crippen LogP contribution in [0.4, 0.5) is 5.95 Å². The van der Waals surface area contributed by atoms with Gasteiger partial charge in [-0.2, -0.15) is 4.31 Å². The van der Waals surface area contributed by atoms with Gasteiger partial charge in [-0.15, -0.1) is 0 Å². The third-order valence-electron chi connectivity index (χ3n) is 4.15. The normalized spacial score (nSPS) is 28.0. The summed E-state index contributed by atoms with van der Waals surface area (Å²) in [4.78, 5) is 10.7. The summed E-state index contributed by atoms with van der Waals surface area (Å²) in [5.41, 5.74) is -0.168. The van der Waals surface area contributed by atoms with Crippen molar-refractivity contribution < 1.29 is 13.2 Å². The van der Waals surface area contributed by atoms with Crippen molar-refractivity contribution in [2.75, 3.05) is 50.5 Å². The Bertz CT molecular complexity index is 595. The molecular formula is C13H20N4O3S. The van der Waals surface area contributed by atoms with Gasteiger partial charge in [0, 0.05) is 44.0 Å². The van der Waals surface area contributed by atoms with Crippen LogP contribution in [0.3, 0.4) is 0 Å². The molecule has 2 aliphatic heterocycles. The number of rotatable bonds is 2. The molecule has 3 rings (SSSR count). The minimum absolute atomic E-state index is 0.168. The minimum Gasteiger partial charge on any atom is -0.379 e. The molecule has 0 aromatic carbocycles. The maximum absolute atomic E-state index is 11.9. The van der Waals surface area contributed by atoms with E-state index in [0.29, 0.717) is 32.3 Å². The fourth-order valence-corrected chi connectivity index (χ4v) is 3.96. The Morgan fingerprint density at radius 1 is 1.24 bits per heavy atom. The van der Waals surface area contributed by atoms with E-state index in [2.05, 4.69) is 14.9 Å². The van der Waals surface area contributed by atoms with E-state index in [0.717, 1.165) is 19.5 Å². The molecule has 2 aliphatic rings. The number of hydrogen-bond donors (Lipinski definition) is 0. The number of anilines is 1. The lowest BCUT2D eigenvalue weighted by molar-refractivity contribution is 0.0807. The van der Waals surface area contributed by atoms with Gasteiger partial charge in [-0.1, -0.05) is 0 Å². The monoisotopic (exact) mass is 312 g/mol. The van der Waals surface area contributed by atoms with Gasteiger partial charge < -0.3 is 9.64 Å². The van der Waals surface area contributed by atoms with Crippen LogP contribution in [0.5, 0.6) is 0 Å². The summed E-state index contributed by atoms with van der Waals surface area (Å²) in [6.07, 6.45) is 5.59. The van der Waals surface area contributed by atoms with Crippen LogP contribution in [0.2, 0.25) is 0 Å². The predicted octanol–water partition coefficient (Wildman–Crippen LogP) is -0.0351. The van der Waals surface area contributed by atoms with Crippen molar-refractivity contribution in [3.63, 3.8) is 0 Å². The van der Waals surface area contributed by atoms with E-state index in [1.807, 2.05) is 0 Å². The molecule has 0 N–H and O–H groups in total. The average Bonchev–Trinajstić information content (AvgIpc) is 2.73. The van der Waals surface area contributed by atoms with E-state index < -0.39 is 10.0 Å². The second kappa shape index (κ2) is 5.51. The molecule has 1 aromatic heterocycles. The molecule has 1 atom stereocenters. The first-order valence-electron chi connectivity index (χ1n) is 7.03. The second-order valence-electron chi connectivity index (χ2n) is 5.87. The molecule has 3 heterocycles. The number of ether oxygens (including phenoxy) is 1. The summed E-state index contributed by atoms with van der Waals surface area (Å²) in [6, 6.07) is 1.79.